The fourth-order valence-corrected chi connectivity index (χ4v) is 12.7. The molecule has 0 radical (unpaired) electrons. The number of rotatable bonds is 4. The van der Waals surface area contributed by atoms with Gasteiger partial charge in [-0.3, -0.25) is 24.7 Å². The van der Waals surface area contributed by atoms with E-state index in [4.69, 9.17) is 28.4 Å². The highest BCUT2D eigenvalue weighted by Crippen LogP contribution is 2.65. The average molecular weight is 827 g/mol. The number of nitrogens with zero attached hydrogens (tertiary/aromatic N) is 2. The van der Waals surface area contributed by atoms with Crippen molar-refractivity contribution in [3.05, 3.63) is 75.0 Å². The van der Waals surface area contributed by atoms with E-state index in [-0.39, 0.29) is 44.5 Å². The number of hydrogen-bond donors (Lipinski definition) is 4. The maximum absolute atomic E-state index is 15.2. The molecular weight excluding hydrogens is 781 g/mol. The van der Waals surface area contributed by atoms with Crippen LogP contribution in [0.3, 0.4) is 0 Å². The number of ether oxygens (including phenoxy) is 6. The lowest BCUT2D eigenvalue weighted by Crippen LogP contribution is -2.70. The predicted octanol–water partition coefficient (Wildman–Crippen LogP) is 4.11. The molecule has 59 heavy (non-hydrogen) atoms. The van der Waals surface area contributed by atoms with Crippen molar-refractivity contribution in [2.24, 2.45) is 0 Å². The highest BCUT2D eigenvalue weighted by Gasteiger charge is 2.64. The van der Waals surface area contributed by atoms with E-state index in [1.807, 2.05) is 56.1 Å². The number of aromatic nitrogens is 1. The van der Waals surface area contributed by atoms with E-state index in [1.165, 1.54) is 32.7 Å². The minimum atomic E-state index is -1.54. The topological polar surface area (TPSA) is 181 Å². The molecular formula is C43H46N4O11S. The Morgan fingerprint density at radius 3 is 2.59 bits per heavy atom. The summed E-state index contributed by atoms with van der Waals surface area (Å²) in [5.41, 5.74) is 3.41. The minimum absolute atomic E-state index is 0.00130. The van der Waals surface area contributed by atoms with Gasteiger partial charge in [-0.05, 0) is 50.1 Å². The van der Waals surface area contributed by atoms with Gasteiger partial charge in [0, 0.05) is 77.8 Å². The predicted molar refractivity (Wildman–Crippen MR) is 214 cm³/mol. The number of likely N-dealkylation sites (N-methyl/N-ethyl adjacent to an activating group) is 1. The first-order valence-electron chi connectivity index (χ1n) is 19.8. The normalized spacial score (nSPS) is 30.2. The Bertz CT molecular complexity index is 2490. The number of aliphatic hydroxyl groups is 1. The second kappa shape index (κ2) is 13.5. The van der Waals surface area contributed by atoms with Crippen LogP contribution in [0.1, 0.15) is 75.8 Å². The maximum atomic E-state index is 15.2. The van der Waals surface area contributed by atoms with Gasteiger partial charge in [-0.1, -0.05) is 24.3 Å². The van der Waals surface area contributed by atoms with Crippen molar-refractivity contribution in [3.63, 3.8) is 0 Å². The second-order valence-electron chi connectivity index (χ2n) is 16.6. The molecule has 15 nitrogen and oxygen atoms in total. The highest BCUT2D eigenvalue weighted by molar-refractivity contribution is 7.99. The largest absolute Gasteiger partial charge is 0.504 e. The molecule has 2 saturated heterocycles. The Labute approximate surface area is 344 Å². The lowest BCUT2D eigenvalue weighted by Gasteiger charge is -2.60. The lowest BCUT2D eigenvalue weighted by atomic mass is 9.78. The van der Waals surface area contributed by atoms with Gasteiger partial charge in [-0.2, -0.15) is 0 Å². The Balaban J connectivity index is 1.24. The van der Waals surface area contributed by atoms with E-state index in [2.05, 4.69) is 15.2 Å². The molecule has 4 bridgehead atoms. The number of fused-ring (bicyclic) bond motifs is 8. The number of methoxy groups -OCH3 is 1. The monoisotopic (exact) mass is 826 g/mol. The number of esters is 3. The van der Waals surface area contributed by atoms with Crippen molar-refractivity contribution in [1.82, 2.24) is 20.1 Å². The molecule has 0 amide bonds. The van der Waals surface area contributed by atoms with Gasteiger partial charge in [0.2, 0.25) is 6.79 Å². The van der Waals surface area contributed by atoms with E-state index >= 15 is 4.79 Å². The SMILES string of the molecule is COc1c(C)cc2c(c1O)[C@H]1[C@@H]3[C@@H]4SC[C@]5(N[C@H](COC(C)=O)Cc6c5[nH]c5ccccc65)C(=O)OC[C@@H](c5c6c(c(C)c(OC(C)=O)c54)OCO6)N3C(O)(C2)CN1C. The van der Waals surface area contributed by atoms with Crippen molar-refractivity contribution >= 4 is 40.6 Å². The second-order valence-corrected chi connectivity index (χ2v) is 17.8. The first-order chi connectivity index (χ1) is 28.3. The van der Waals surface area contributed by atoms with E-state index in [9.17, 15) is 19.8 Å². The van der Waals surface area contributed by atoms with Gasteiger partial charge >= 0.3 is 17.9 Å². The summed E-state index contributed by atoms with van der Waals surface area (Å²) in [6.45, 7) is 6.32. The summed E-state index contributed by atoms with van der Waals surface area (Å²) in [7, 11) is 3.46. The molecule has 3 aromatic carbocycles. The number of hydrogen-bond acceptors (Lipinski definition) is 15. The van der Waals surface area contributed by atoms with Crippen LogP contribution in [0.15, 0.2) is 30.3 Å². The van der Waals surface area contributed by atoms with Crippen LogP contribution in [0.2, 0.25) is 0 Å². The number of phenols is 1. The van der Waals surface area contributed by atoms with Gasteiger partial charge in [0.05, 0.1) is 30.1 Å². The van der Waals surface area contributed by atoms with Crippen LogP contribution >= 0.6 is 11.8 Å². The molecule has 16 heteroatoms. The number of phenolic OH excluding ortho intramolecular Hbond substituents is 1. The summed E-state index contributed by atoms with van der Waals surface area (Å²) in [6, 6.07) is 7.41. The molecule has 8 aliphatic heterocycles. The van der Waals surface area contributed by atoms with Crippen molar-refractivity contribution in [2.75, 3.05) is 46.5 Å². The third-order valence-corrected chi connectivity index (χ3v) is 14.5. The molecule has 0 saturated carbocycles. The maximum Gasteiger partial charge on any atom is 0.333 e. The Kier molecular flexibility index (Phi) is 8.75. The van der Waals surface area contributed by atoms with E-state index in [1.54, 1.807) is 0 Å². The fraction of sp³-hybridized carbons (Fsp3) is 0.465. The average Bonchev–Trinajstić information content (AvgIpc) is 3.78. The van der Waals surface area contributed by atoms with Gasteiger partial charge in [-0.15, -0.1) is 11.8 Å². The zero-order valence-corrected chi connectivity index (χ0v) is 34.4. The van der Waals surface area contributed by atoms with Crippen LogP contribution in [-0.2, 0) is 42.2 Å². The molecule has 0 aliphatic carbocycles. The molecule has 12 rings (SSSR count). The number of H-pyrrole nitrogens is 1. The standard InChI is InChI=1S/C43H46N4O11S/c1-19-11-23-13-42(52)16-46(5)32(29(23)34(50)35(19)53-6)33-39-31-30(38-37(56-18-57-38)20(2)36(31)58-22(4)49)28(47(33)42)15-55-41(51)43(17-59-39)40-26(12-24(45-43)14-54-21(3)48)25-9-7-8-10-27(25)44-40/h7-11,24,28,32-33,39,44-45,50,52H,12-18H2,1-6H3/t24-,28-,32-,33+,39+,42?,43+/m0/s1. The molecule has 2 fully saturated rings. The molecule has 9 heterocycles. The highest BCUT2D eigenvalue weighted by atomic mass is 32.2. The summed E-state index contributed by atoms with van der Waals surface area (Å²) in [4.78, 5) is 48.0. The number of thioether (sulfide) groups is 1. The van der Waals surface area contributed by atoms with Crippen molar-refractivity contribution in [2.45, 2.75) is 81.2 Å². The molecule has 4 N–H and O–H groups in total. The first-order valence-corrected chi connectivity index (χ1v) is 20.9. The summed E-state index contributed by atoms with van der Waals surface area (Å²) in [6.07, 6.45) is 0.632. The van der Waals surface area contributed by atoms with Crippen LogP contribution in [0, 0.1) is 13.8 Å². The zero-order chi connectivity index (χ0) is 41.3. The van der Waals surface area contributed by atoms with Crippen molar-refractivity contribution < 1.29 is 53.0 Å². The van der Waals surface area contributed by atoms with E-state index in [0.717, 1.165) is 27.6 Å². The van der Waals surface area contributed by atoms with Gasteiger partial charge in [0.1, 0.15) is 24.7 Å². The molecule has 4 aromatic rings. The quantitative estimate of drug-likeness (QED) is 0.170. The zero-order valence-electron chi connectivity index (χ0n) is 33.6. The van der Waals surface area contributed by atoms with Crippen LogP contribution in [0.25, 0.3) is 10.9 Å². The van der Waals surface area contributed by atoms with Crippen molar-refractivity contribution in [3.8, 4) is 28.7 Å². The molecule has 1 aromatic heterocycles. The van der Waals surface area contributed by atoms with Gasteiger partial charge in [-0.25, -0.2) is 4.79 Å². The summed E-state index contributed by atoms with van der Waals surface area (Å²) < 4.78 is 36.4. The van der Waals surface area contributed by atoms with E-state index in [0.29, 0.717) is 57.4 Å². The lowest BCUT2D eigenvalue weighted by molar-refractivity contribution is -0.215. The molecule has 8 aliphatic rings. The number of piperazine rings is 1. The number of nitrogens with one attached hydrogen (secondary N) is 2. The smallest absolute Gasteiger partial charge is 0.333 e. The number of carbonyl (C=O) groups excluding carboxylic acids is 3. The fourth-order valence-electron chi connectivity index (χ4n) is 11.0. The van der Waals surface area contributed by atoms with Crippen LogP contribution in [0.4, 0.5) is 0 Å². The number of carbonyl (C=O) groups is 3. The van der Waals surface area contributed by atoms with Gasteiger partial charge in [0.15, 0.2) is 28.5 Å². The van der Waals surface area contributed by atoms with Crippen LogP contribution < -0.4 is 24.3 Å². The first kappa shape index (κ1) is 38.2. The summed E-state index contributed by atoms with van der Waals surface area (Å²) in [5, 5.41) is 29.3. The third-order valence-electron chi connectivity index (χ3n) is 13.1. The molecule has 1 spiro atoms. The van der Waals surface area contributed by atoms with Crippen molar-refractivity contribution in [1.29, 1.82) is 0 Å². The molecule has 2 unspecified atom stereocenters. The Morgan fingerprint density at radius 1 is 1.05 bits per heavy atom. The Morgan fingerprint density at radius 2 is 1.83 bits per heavy atom. The number of benzene rings is 3. The van der Waals surface area contributed by atoms with Gasteiger partial charge in [0.25, 0.3) is 0 Å². The summed E-state index contributed by atoms with van der Waals surface area (Å²) >= 11 is 1.46. The number of aryl methyl sites for hydroxylation is 1. The summed E-state index contributed by atoms with van der Waals surface area (Å²) in [5.74, 6) is 0.120. The third kappa shape index (κ3) is 5.45. The molecule has 8 atom stereocenters. The molecule has 310 valence electrons. The number of para-hydroxylation sites is 1. The van der Waals surface area contributed by atoms with Gasteiger partial charge < -0.3 is 43.6 Å². The Hall–Kier alpha value is -5.00. The minimum Gasteiger partial charge on any atom is -0.504 e. The van der Waals surface area contributed by atoms with Crippen LogP contribution in [0.5, 0.6) is 28.7 Å². The number of aromatic hydroxyl groups is 1. The van der Waals surface area contributed by atoms with Crippen LogP contribution in [-0.4, -0.2) is 107 Å². The van der Waals surface area contributed by atoms with E-state index < -0.39 is 58.6 Å². The number of aromatic amines is 1.